The zero-order chi connectivity index (χ0) is 13.1. The lowest BCUT2D eigenvalue weighted by atomic mass is 9.49. The van der Waals surface area contributed by atoms with E-state index in [2.05, 4.69) is 20.4 Å². The van der Waals surface area contributed by atoms with Gasteiger partial charge in [0.25, 0.3) is 0 Å². The summed E-state index contributed by atoms with van der Waals surface area (Å²) < 4.78 is 5.26. The van der Waals surface area contributed by atoms with Crippen molar-refractivity contribution in [1.82, 2.24) is 0 Å². The molecule has 18 heavy (non-hydrogen) atoms. The van der Waals surface area contributed by atoms with Crippen molar-refractivity contribution in [1.29, 1.82) is 0 Å². The van der Waals surface area contributed by atoms with Crippen LogP contribution in [0.5, 0.6) is 0 Å². The number of ether oxygens (including phenoxy) is 1. The predicted molar refractivity (Wildman–Crippen MR) is 67.8 cm³/mol. The molecule has 4 atom stereocenters. The molecule has 2 unspecified atom stereocenters. The Bertz CT molecular complexity index is 412. The highest BCUT2D eigenvalue weighted by Gasteiger charge is 2.62. The summed E-state index contributed by atoms with van der Waals surface area (Å²) in [5.74, 6) is -0.663. The Labute approximate surface area is 108 Å². The lowest BCUT2D eigenvalue weighted by molar-refractivity contribution is -0.331. The zero-order valence-electron chi connectivity index (χ0n) is 11.2. The van der Waals surface area contributed by atoms with Gasteiger partial charge in [-0.3, -0.25) is 4.79 Å². The van der Waals surface area contributed by atoms with Crippen molar-refractivity contribution in [3.63, 3.8) is 0 Å². The smallest absolute Gasteiger partial charge is 0.232 e. The van der Waals surface area contributed by atoms with Crippen LogP contribution in [0.15, 0.2) is 12.2 Å². The van der Waals surface area contributed by atoms with E-state index < -0.39 is 5.79 Å². The van der Waals surface area contributed by atoms with E-state index in [1.807, 2.05) is 0 Å². The van der Waals surface area contributed by atoms with Crippen molar-refractivity contribution >= 4 is 5.78 Å². The zero-order valence-corrected chi connectivity index (χ0v) is 11.2. The molecule has 0 radical (unpaired) electrons. The van der Waals surface area contributed by atoms with Gasteiger partial charge < -0.3 is 9.84 Å². The van der Waals surface area contributed by atoms with E-state index in [0.717, 1.165) is 24.8 Å². The summed E-state index contributed by atoms with van der Waals surface area (Å²) >= 11 is 0. The van der Waals surface area contributed by atoms with Gasteiger partial charge in [0.2, 0.25) is 5.79 Å². The van der Waals surface area contributed by atoms with E-state index in [0.29, 0.717) is 23.9 Å². The van der Waals surface area contributed by atoms with E-state index in [1.54, 1.807) is 0 Å². The minimum atomic E-state index is -1.51. The van der Waals surface area contributed by atoms with Gasteiger partial charge in [0.1, 0.15) is 0 Å². The van der Waals surface area contributed by atoms with E-state index in [9.17, 15) is 9.90 Å². The van der Waals surface area contributed by atoms with E-state index in [-0.39, 0.29) is 18.1 Å². The van der Waals surface area contributed by atoms with Crippen LogP contribution in [-0.4, -0.2) is 23.3 Å². The first kappa shape index (κ1) is 12.4. The third-order valence-electron chi connectivity index (χ3n) is 5.40. The molecule has 2 aliphatic carbocycles. The molecule has 1 N–H and O–H groups in total. The molecule has 3 aliphatic rings. The Morgan fingerprint density at radius 2 is 2.11 bits per heavy atom. The molecule has 0 aromatic heterocycles. The standard InChI is InChI=1S/C15H22O3/c1-9-4-5-11-10(7-14(11,2)3)12-8-18-15(12,17)13(16)6-9/h10-12,17H,1,4-8H2,2-3H3/t10-,11+,12?,15?/m1/s1. The normalized spacial score (nSPS) is 46.7. The molecule has 1 aliphatic heterocycles. The maximum atomic E-state index is 12.1. The molecule has 3 heteroatoms. The summed E-state index contributed by atoms with van der Waals surface area (Å²) in [5.41, 5.74) is 1.26. The number of carbonyl (C=O) groups is 1. The van der Waals surface area contributed by atoms with E-state index in [4.69, 9.17) is 4.74 Å². The molecule has 3 rings (SSSR count). The molecule has 2 saturated carbocycles. The Balaban J connectivity index is 1.90. The molecule has 0 amide bonds. The van der Waals surface area contributed by atoms with Crippen molar-refractivity contribution in [2.75, 3.05) is 6.61 Å². The van der Waals surface area contributed by atoms with Crippen LogP contribution in [0, 0.1) is 23.2 Å². The summed E-state index contributed by atoms with van der Waals surface area (Å²) in [6.07, 6.45) is 3.36. The van der Waals surface area contributed by atoms with Crippen molar-refractivity contribution < 1.29 is 14.6 Å². The first-order chi connectivity index (χ1) is 8.34. The quantitative estimate of drug-likeness (QED) is 0.671. The molecular formula is C15H22O3. The van der Waals surface area contributed by atoms with Gasteiger partial charge in [0.15, 0.2) is 5.78 Å². The minimum Gasteiger partial charge on any atom is -0.359 e. The molecule has 1 heterocycles. The molecule has 3 fully saturated rings. The van der Waals surface area contributed by atoms with Crippen LogP contribution in [0.3, 0.4) is 0 Å². The third-order valence-corrected chi connectivity index (χ3v) is 5.40. The number of ketones is 1. The molecule has 1 saturated heterocycles. The predicted octanol–water partition coefficient (Wildman–Crippen LogP) is 2.29. The topological polar surface area (TPSA) is 46.5 Å². The fourth-order valence-corrected chi connectivity index (χ4v) is 4.19. The molecule has 100 valence electrons. The summed E-state index contributed by atoms with van der Waals surface area (Å²) in [7, 11) is 0. The minimum absolute atomic E-state index is 0.00826. The van der Waals surface area contributed by atoms with Gasteiger partial charge in [-0.05, 0) is 36.5 Å². The maximum Gasteiger partial charge on any atom is 0.232 e. The molecule has 0 spiro atoms. The second-order valence-electron chi connectivity index (χ2n) is 6.97. The lowest BCUT2D eigenvalue weighted by Gasteiger charge is -2.59. The highest BCUT2D eigenvalue weighted by Crippen LogP contribution is 2.60. The second-order valence-corrected chi connectivity index (χ2v) is 6.97. The number of hydrogen-bond donors (Lipinski definition) is 1. The number of Topliss-reactive ketones (excluding diaryl/α,β-unsaturated/α-hetero) is 1. The Kier molecular flexibility index (Phi) is 2.52. The Morgan fingerprint density at radius 3 is 2.67 bits per heavy atom. The number of rotatable bonds is 0. The fourth-order valence-electron chi connectivity index (χ4n) is 4.19. The summed E-state index contributed by atoms with van der Waals surface area (Å²) in [4.78, 5) is 12.1. The summed E-state index contributed by atoms with van der Waals surface area (Å²) in [6.45, 7) is 9.07. The van der Waals surface area contributed by atoms with Crippen molar-refractivity contribution in [3.05, 3.63) is 12.2 Å². The largest absolute Gasteiger partial charge is 0.359 e. The number of aliphatic hydroxyl groups is 1. The number of carbonyl (C=O) groups excluding carboxylic acids is 1. The highest BCUT2D eigenvalue weighted by atomic mass is 16.7. The number of hydrogen-bond acceptors (Lipinski definition) is 3. The number of allylic oxidation sites excluding steroid dienone is 1. The second kappa shape index (κ2) is 3.67. The van der Waals surface area contributed by atoms with Gasteiger partial charge in [-0.25, -0.2) is 0 Å². The lowest BCUT2D eigenvalue weighted by Crippen LogP contribution is -2.65. The van der Waals surface area contributed by atoms with Gasteiger partial charge in [-0.15, -0.1) is 0 Å². The van der Waals surface area contributed by atoms with Gasteiger partial charge in [-0.1, -0.05) is 26.0 Å². The fraction of sp³-hybridized carbons (Fsp3) is 0.800. The highest BCUT2D eigenvalue weighted by molar-refractivity contribution is 5.88. The van der Waals surface area contributed by atoms with Crippen LogP contribution in [0.1, 0.15) is 39.5 Å². The maximum absolute atomic E-state index is 12.1. The van der Waals surface area contributed by atoms with Gasteiger partial charge >= 0.3 is 0 Å². The van der Waals surface area contributed by atoms with Crippen LogP contribution in [-0.2, 0) is 9.53 Å². The first-order valence-electron chi connectivity index (χ1n) is 6.91. The van der Waals surface area contributed by atoms with Crippen molar-refractivity contribution in [2.24, 2.45) is 23.2 Å². The molecule has 0 aromatic rings. The van der Waals surface area contributed by atoms with Gasteiger partial charge in [0, 0.05) is 12.3 Å². The monoisotopic (exact) mass is 250 g/mol. The van der Waals surface area contributed by atoms with E-state index >= 15 is 0 Å². The summed E-state index contributed by atoms with van der Waals surface area (Å²) in [5, 5.41) is 10.4. The molecule has 0 aromatic carbocycles. The average Bonchev–Trinajstić information content (AvgIpc) is 2.25. The SMILES string of the molecule is C=C1CC[C@H]2[C@@H](CC2(C)C)C2COC2(O)C(=O)C1. The first-order valence-corrected chi connectivity index (χ1v) is 6.91. The third kappa shape index (κ3) is 1.53. The van der Waals surface area contributed by atoms with Gasteiger partial charge in [0.05, 0.1) is 6.61 Å². The van der Waals surface area contributed by atoms with Gasteiger partial charge in [-0.2, -0.15) is 0 Å². The van der Waals surface area contributed by atoms with Crippen molar-refractivity contribution in [2.45, 2.75) is 45.3 Å². The molecule has 0 bridgehead atoms. The van der Waals surface area contributed by atoms with Crippen molar-refractivity contribution in [3.8, 4) is 0 Å². The Hall–Kier alpha value is -0.670. The van der Waals surface area contributed by atoms with E-state index in [1.165, 1.54) is 0 Å². The van der Waals surface area contributed by atoms with Crippen LogP contribution in [0.4, 0.5) is 0 Å². The number of fused-ring (bicyclic) bond motifs is 3. The van der Waals surface area contributed by atoms with Crippen LogP contribution >= 0.6 is 0 Å². The van der Waals surface area contributed by atoms with Crippen LogP contribution < -0.4 is 0 Å². The van der Waals surface area contributed by atoms with Crippen LogP contribution in [0.25, 0.3) is 0 Å². The molecule has 3 nitrogen and oxygen atoms in total. The van der Waals surface area contributed by atoms with Crippen LogP contribution in [0.2, 0.25) is 0 Å². The molecular weight excluding hydrogens is 228 g/mol. The Morgan fingerprint density at radius 1 is 1.39 bits per heavy atom. The average molecular weight is 250 g/mol. The summed E-state index contributed by atoms with van der Waals surface area (Å²) in [6, 6.07) is 0.